The van der Waals surface area contributed by atoms with Gasteiger partial charge in [-0.05, 0) is 51.4 Å². The van der Waals surface area contributed by atoms with Gasteiger partial charge in [0, 0.05) is 0 Å². The van der Waals surface area contributed by atoms with E-state index in [-0.39, 0.29) is 19.5 Å². The van der Waals surface area contributed by atoms with Crippen LogP contribution in [0.4, 0.5) is 0 Å². The fraction of sp³-hybridized carbons (Fsp3) is 0.842. The molecule has 2 heterocycles. The summed E-state index contributed by atoms with van der Waals surface area (Å²) >= 11 is 32.1. The Morgan fingerprint density at radius 3 is 0.569 bits per heavy atom. The molecule has 0 bridgehead atoms. The Hall–Kier alpha value is 2.48. The molecule has 0 unspecified atom stereocenters. The normalized spacial score (nSPS) is 11.1. The molecule has 0 fully saturated rings. The number of nitrogens with zero attached hydrogens (tertiary/aromatic N) is 2. The van der Waals surface area contributed by atoms with Crippen LogP contribution in [0.3, 0.4) is 0 Å². The quantitative estimate of drug-likeness (QED) is 0.0358. The minimum Gasteiger partial charge on any atom is -0.324 e. The Morgan fingerprint density at radius 2 is 0.490 bits per heavy atom. The molecular weight excluding hydrogens is 870 g/mol. The zero-order chi connectivity index (χ0) is 38.3. The van der Waals surface area contributed by atoms with Crippen LogP contribution in [0, 0.1) is 6.28 Å². The van der Waals surface area contributed by atoms with Crippen LogP contribution < -0.4 is 0 Å². The van der Waals surface area contributed by atoms with Gasteiger partial charge in [0.25, 0.3) is 0 Å². The van der Waals surface area contributed by atoms with Gasteiger partial charge in [-0.3, -0.25) is 0 Å². The van der Waals surface area contributed by atoms with Crippen LogP contribution in [-0.2, 0) is 19.5 Å². The van der Waals surface area contributed by atoms with Crippen molar-refractivity contribution in [1.29, 1.82) is 0 Å². The molecule has 0 spiro atoms. The van der Waals surface area contributed by atoms with Crippen molar-refractivity contribution < 1.29 is 28.4 Å². The Labute approximate surface area is 378 Å². The van der Waals surface area contributed by atoms with Crippen molar-refractivity contribution in [2.75, 3.05) is 52.4 Å². The molecule has 0 N–H and O–H groups in total. The molecule has 0 aliphatic carbocycles. The second-order valence-corrected chi connectivity index (χ2v) is 22.9. The first-order valence-electron chi connectivity index (χ1n) is 19.6. The summed E-state index contributed by atoms with van der Waals surface area (Å²) < 4.78 is 8.30. The SMILES string of the molecule is CCCC[N+](CCCC)(CCCC)CCCC.CCCC[N+](CCCC)(CCCC)CCCC.S=c1sc(S)c(S)s1.S=c1sc(S)c(S)s1.[Zn+2]. The molecule has 0 saturated heterocycles. The summed E-state index contributed by atoms with van der Waals surface area (Å²) in [5.41, 5.74) is 0. The van der Waals surface area contributed by atoms with Gasteiger partial charge in [0.05, 0.1) is 69.2 Å². The molecule has 0 amide bonds. The van der Waals surface area contributed by atoms with Crippen LogP contribution in [0.15, 0.2) is 16.8 Å². The molecule has 296 valence electrons. The molecule has 0 atom stereocenters. The van der Waals surface area contributed by atoms with Crippen molar-refractivity contribution in [3.8, 4) is 0 Å². The standard InChI is InChI=1S/2C16H36N.2C3H2S5.Zn/c2*1-5-9-13-17(14-10-6-2,15-11-7-3)16-12-8-4;2*4-1-2(5)8-3(6)7-1;/h2*5-16H2,1-4H3;2*4-5H;/q2*+1;;;+2. The van der Waals surface area contributed by atoms with E-state index in [1.165, 1.54) is 209 Å². The van der Waals surface area contributed by atoms with Crippen molar-refractivity contribution in [3.05, 3.63) is 6.28 Å². The Balaban J connectivity index is -0.000000630. The topological polar surface area (TPSA) is 0 Å². The van der Waals surface area contributed by atoms with Crippen LogP contribution in [0.1, 0.15) is 158 Å². The number of quaternary nitrogens is 2. The molecule has 2 rings (SSSR count). The maximum atomic E-state index is 4.86. The van der Waals surface area contributed by atoms with Crippen molar-refractivity contribution in [1.82, 2.24) is 0 Å². The summed E-state index contributed by atoms with van der Waals surface area (Å²) in [6.07, 6.45) is 22.1. The summed E-state index contributed by atoms with van der Waals surface area (Å²) in [6.45, 7) is 30.0. The van der Waals surface area contributed by atoms with Gasteiger partial charge in [0.2, 0.25) is 0 Å². The Kier molecular flexibility index (Phi) is 43.1. The predicted molar refractivity (Wildman–Crippen MR) is 254 cm³/mol. The van der Waals surface area contributed by atoms with Gasteiger partial charge in [-0.15, -0.1) is 95.9 Å². The first-order valence-corrected chi connectivity index (χ1v) is 25.5. The maximum absolute atomic E-state index is 4.86. The minimum atomic E-state index is 0. The van der Waals surface area contributed by atoms with Gasteiger partial charge in [0.1, 0.15) is 6.28 Å². The molecule has 0 aliphatic heterocycles. The summed E-state index contributed by atoms with van der Waals surface area (Å²) in [5.74, 6) is 0. The molecule has 0 aromatic carbocycles. The fourth-order valence-electron chi connectivity index (χ4n) is 5.82. The van der Waals surface area contributed by atoms with Crippen molar-refractivity contribution in [2.45, 2.75) is 175 Å². The van der Waals surface area contributed by atoms with Gasteiger partial charge in [-0.2, -0.15) is 0 Å². The van der Waals surface area contributed by atoms with E-state index in [0.29, 0.717) is 0 Å². The third-order valence-electron chi connectivity index (χ3n) is 8.97. The van der Waals surface area contributed by atoms with Crippen molar-refractivity contribution in [2.24, 2.45) is 0 Å². The van der Waals surface area contributed by atoms with E-state index in [9.17, 15) is 0 Å². The molecule has 0 aliphatic rings. The average Bonchev–Trinajstić information content (AvgIpc) is 3.57. The van der Waals surface area contributed by atoms with Crippen LogP contribution in [-0.4, -0.2) is 61.3 Å². The maximum Gasteiger partial charge on any atom is 2.00 e. The van der Waals surface area contributed by atoms with Crippen LogP contribution in [0.25, 0.3) is 0 Å². The second-order valence-electron chi connectivity index (χ2n) is 13.4. The van der Waals surface area contributed by atoms with E-state index in [2.05, 4.69) is 106 Å². The van der Waals surface area contributed by atoms with E-state index in [1.807, 2.05) is 0 Å². The summed E-state index contributed by atoms with van der Waals surface area (Å²) in [4.78, 5) is 0. The van der Waals surface area contributed by atoms with Gasteiger partial charge >= 0.3 is 19.5 Å². The zero-order valence-electron chi connectivity index (χ0n) is 33.8. The van der Waals surface area contributed by atoms with Gasteiger partial charge < -0.3 is 8.97 Å². The van der Waals surface area contributed by atoms with Crippen molar-refractivity contribution >= 4 is 120 Å². The van der Waals surface area contributed by atoms with Crippen molar-refractivity contribution in [3.63, 3.8) is 0 Å². The van der Waals surface area contributed by atoms with Crippen LogP contribution >= 0.6 is 120 Å². The molecule has 13 heteroatoms. The van der Waals surface area contributed by atoms with E-state index >= 15 is 0 Å². The summed E-state index contributed by atoms with van der Waals surface area (Å²) in [7, 11) is 0. The largest absolute Gasteiger partial charge is 2.00 e. The van der Waals surface area contributed by atoms with E-state index in [0.717, 1.165) is 23.1 Å². The molecule has 0 saturated carbocycles. The molecule has 2 nitrogen and oxygen atoms in total. The third-order valence-corrected chi connectivity index (χ3v) is 16.4. The molecular formula is C38H76N2S10Zn+4. The van der Waals surface area contributed by atoms with Crippen LogP contribution in [0.2, 0.25) is 0 Å². The number of hydrogen-bond donors (Lipinski definition) is 4. The van der Waals surface area contributed by atoms with E-state index < -0.39 is 0 Å². The molecule has 0 radical (unpaired) electrons. The van der Waals surface area contributed by atoms with Crippen LogP contribution in [0.5, 0.6) is 0 Å². The fourth-order valence-corrected chi connectivity index (χ4v) is 12.8. The first-order chi connectivity index (χ1) is 23.9. The number of hydrogen-bond acceptors (Lipinski definition) is 10. The Bertz CT molecular complexity index is 936. The third kappa shape index (κ3) is 30.3. The first kappa shape index (κ1) is 57.8. The number of thiol groups is 4. The zero-order valence-corrected chi connectivity index (χ0v) is 45.3. The second kappa shape index (κ2) is 38.0. The van der Waals surface area contributed by atoms with Gasteiger partial charge in [0.15, 0.2) is 0 Å². The summed E-state index contributed by atoms with van der Waals surface area (Å²) in [6, 6.07) is 0. The summed E-state index contributed by atoms with van der Waals surface area (Å²) in [5, 5.41) is 0. The van der Waals surface area contributed by atoms with E-state index in [4.69, 9.17) is 24.4 Å². The minimum absolute atomic E-state index is 0. The average molecular weight is 947 g/mol. The molecule has 2 aromatic heterocycles. The monoisotopic (exact) mass is 944 g/mol. The van der Waals surface area contributed by atoms with Gasteiger partial charge in [-0.25, -0.2) is 0 Å². The number of unbranched alkanes of at least 4 members (excludes halogenated alkanes) is 8. The van der Waals surface area contributed by atoms with Gasteiger partial charge in [-0.1, -0.05) is 131 Å². The number of rotatable bonds is 24. The Morgan fingerprint density at radius 1 is 0.353 bits per heavy atom. The molecule has 2 aromatic rings. The smallest absolute Gasteiger partial charge is 0.324 e. The molecule has 51 heavy (non-hydrogen) atoms. The van der Waals surface area contributed by atoms with E-state index in [1.54, 1.807) is 0 Å². The predicted octanol–water partition coefficient (Wildman–Crippen LogP) is 16.2.